The zero-order valence-electron chi connectivity index (χ0n) is 20.0. The van der Waals surface area contributed by atoms with Crippen LogP contribution in [-0.2, 0) is 0 Å². The van der Waals surface area contributed by atoms with Gasteiger partial charge in [-0.1, -0.05) is 30.3 Å². The first-order valence-corrected chi connectivity index (χ1v) is 12.2. The van der Waals surface area contributed by atoms with Crippen LogP contribution in [0.3, 0.4) is 0 Å². The number of urea groups is 1. The van der Waals surface area contributed by atoms with Crippen molar-refractivity contribution in [2.45, 2.75) is 30.8 Å². The van der Waals surface area contributed by atoms with Crippen molar-refractivity contribution < 1.29 is 14.6 Å². The number of carbonyl (C=O) groups is 1. The molecule has 35 heavy (non-hydrogen) atoms. The van der Waals surface area contributed by atoms with E-state index in [-0.39, 0.29) is 30.6 Å². The van der Waals surface area contributed by atoms with E-state index in [4.69, 9.17) is 4.74 Å². The first-order valence-electron chi connectivity index (χ1n) is 12.2. The van der Waals surface area contributed by atoms with Crippen LogP contribution in [0, 0.1) is 0 Å². The van der Waals surface area contributed by atoms with Gasteiger partial charge < -0.3 is 20.1 Å². The predicted octanol–water partition coefficient (Wildman–Crippen LogP) is 4.21. The molecule has 182 valence electrons. The van der Waals surface area contributed by atoms with Crippen LogP contribution in [0.5, 0.6) is 5.75 Å². The van der Waals surface area contributed by atoms with E-state index in [0.29, 0.717) is 6.54 Å². The Labute approximate surface area is 206 Å². The van der Waals surface area contributed by atoms with Crippen LogP contribution in [-0.4, -0.2) is 71.4 Å². The molecule has 2 aliphatic rings. The number of ether oxygens (including phenoxy) is 1. The summed E-state index contributed by atoms with van der Waals surface area (Å²) in [7, 11) is 1.63. The number of pyridine rings is 1. The first kappa shape index (κ1) is 23.3. The molecular formula is C28H32N4O3. The number of nitrogens with zero attached hydrogens (tertiary/aromatic N) is 3. The number of carbonyl (C=O) groups excluding carboxylic acids is 1. The van der Waals surface area contributed by atoms with Gasteiger partial charge in [-0.2, -0.15) is 0 Å². The van der Waals surface area contributed by atoms with Gasteiger partial charge >= 0.3 is 6.03 Å². The Morgan fingerprint density at radius 3 is 2.51 bits per heavy atom. The monoisotopic (exact) mass is 472 g/mol. The first-order chi connectivity index (χ1) is 17.2. The molecule has 2 amide bonds. The Balaban J connectivity index is 1.32. The number of nitrogens with one attached hydrogen (secondary N) is 1. The van der Waals surface area contributed by atoms with E-state index in [2.05, 4.69) is 45.5 Å². The number of amides is 2. The summed E-state index contributed by atoms with van der Waals surface area (Å²) < 4.78 is 5.21. The molecule has 0 spiro atoms. The highest BCUT2D eigenvalue weighted by molar-refractivity contribution is 5.89. The van der Waals surface area contributed by atoms with Crippen LogP contribution >= 0.6 is 0 Å². The molecule has 3 heterocycles. The summed E-state index contributed by atoms with van der Waals surface area (Å²) in [5.41, 5.74) is 4.16. The maximum atomic E-state index is 13.2. The Kier molecular flexibility index (Phi) is 6.97. The van der Waals surface area contributed by atoms with Crippen LogP contribution < -0.4 is 10.1 Å². The lowest BCUT2D eigenvalue weighted by molar-refractivity contribution is -0.0585. The highest BCUT2D eigenvalue weighted by Crippen LogP contribution is 2.42. The van der Waals surface area contributed by atoms with Gasteiger partial charge in [0.1, 0.15) is 5.75 Å². The van der Waals surface area contributed by atoms with Crippen molar-refractivity contribution >= 4 is 11.7 Å². The minimum Gasteiger partial charge on any atom is -0.497 e. The highest BCUT2D eigenvalue weighted by Gasteiger charge is 2.49. The molecular weight excluding hydrogens is 440 g/mol. The highest BCUT2D eigenvalue weighted by atomic mass is 16.5. The third-order valence-electron chi connectivity index (χ3n) is 7.29. The number of hydrogen-bond acceptors (Lipinski definition) is 5. The van der Waals surface area contributed by atoms with Crippen LogP contribution in [0.25, 0.3) is 11.1 Å². The molecule has 1 aromatic heterocycles. The predicted molar refractivity (Wildman–Crippen MR) is 137 cm³/mol. The van der Waals surface area contributed by atoms with Gasteiger partial charge in [0.2, 0.25) is 0 Å². The van der Waals surface area contributed by atoms with Crippen molar-refractivity contribution in [3.05, 3.63) is 78.6 Å². The van der Waals surface area contributed by atoms with E-state index in [1.54, 1.807) is 13.3 Å². The molecule has 7 heteroatoms. The molecule has 2 N–H and O–H groups in total. The van der Waals surface area contributed by atoms with Crippen LogP contribution in [0.15, 0.2) is 73.1 Å². The van der Waals surface area contributed by atoms with Gasteiger partial charge in [-0.3, -0.25) is 9.88 Å². The standard InChI is InChI=1S/C28H32N4O3/c1-35-24-12-10-23(11-13-24)30-28(34)31-15-2-3-16-32-25(18-31)27(26(32)19-33)21-8-6-20(7-9-21)22-5-4-14-29-17-22/h4-14,17,25-27,33H,2-3,15-16,18-19H2,1H3,(H,30,34)/t25-,26+,27+/m0/s1. The lowest BCUT2D eigenvalue weighted by atomic mass is 9.74. The number of aromatic nitrogens is 1. The Morgan fingerprint density at radius 2 is 1.83 bits per heavy atom. The van der Waals surface area contributed by atoms with E-state index < -0.39 is 0 Å². The SMILES string of the molecule is COc1ccc(NC(=O)N2CCCCN3[C@H](CO)[C@H](c4ccc(-c5cccnc5)cc4)[C@@H]3C2)cc1. The number of anilines is 1. The summed E-state index contributed by atoms with van der Waals surface area (Å²) in [6.07, 6.45) is 5.59. The number of methoxy groups -OCH3 is 1. The van der Waals surface area contributed by atoms with Crippen molar-refractivity contribution in [3.63, 3.8) is 0 Å². The summed E-state index contributed by atoms with van der Waals surface area (Å²) in [6.45, 7) is 2.42. The minimum atomic E-state index is -0.0878. The number of hydrogen-bond donors (Lipinski definition) is 2. The van der Waals surface area contributed by atoms with Crippen molar-refractivity contribution in [2.24, 2.45) is 0 Å². The molecule has 2 aliphatic heterocycles. The van der Waals surface area contributed by atoms with Crippen molar-refractivity contribution in [3.8, 4) is 16.9 Å². The molecule has 3 atom stereocenters. The quantitative estimate of drug-likeness (QED) is 0.582. The molecule has 0 unspecified atom stereocenters. The number of aliphatic hydroxyl groups is 1. The molecule has 2 fully saturated rings. The van der Waals surface area contributed by atoms with Gasteiger partial charge in [-0.15, -0.1) is 0 Å². The zero-order chi connectivity index (χ0) is 24.2. The van der Waals surface area contributed by atoms with Crippen molar-refractivity contribution in [1.29, 1.82) is 0 Å². The molecule has 2 aromatic carbocycles. The molecule has 3 aromatic rings. The fourth-order valence-electron chi connectivity index (χ4n) is 5.43. The summed E-state index contributed by atoms with van der Waals surface area (Å²) in [5, 5.41) is 13.2. The third-order valence-corrected chi connectivity index (χ3v) is 7.29. The number of aliphatic hydroxyl groups excluding tert-OH is 1. The van der Waals surface area contributed by atoms with Crippen LogP contribution in [0.4, 0.5) is 10.5 Å². The lowest BCUT2D eigenvalue weighted by Crippen LogP contribution is -2.68. The van der Waals surface area contributed by atoms with Gasteiger partial charge in [0.15, 0.2) is 0 Å². The second kappa shape index (κ2) is 10.5. The Bertz CT molecular complexity index is 1120. The lowest BCUT2D eigenvalue weighted by Gasteiger charge is -2.57. The number of benzene rings is 2. The van der Waals surface area contributed by atoms with Gasteiger partial charge in [0, 0.05) is 49.2 Å². The van der Waals surface area contributed by atoms with Gasteiger partial charge in [-0.05, 0) is 66.4 Å². The number of rotatable bonds is 5. The average molecular weight is 473 g/mol. The van der Waals surface area contributed by atoms with Crippen LogP contribution in [0.1, 0.15) is 24.3 Å². The minimum absolute atomic E-state index is 0.0776. The third kappa shape index (κ3) is 4.88. The largest absolute Gasteiger partial charge is 0.497 e. The normalized spacial score (nSPS) is 22.3. The number of fused-ring (bicyclic) bond motifs is 1. The summed E-state index contributed by atoms with van der Waals surface area (Å²) in [4.78, 5) is 21.7. The van der Waals surface area contributed by atoms with E-state index in [0.717, 1.165) is 48.5 Å². The van der Waals surface area contributed by atoms with Crippen LogP contribution in [0.2, 0.25) is 0 Å². The summed E-state index contributed by atoms with van der Waals surface area (Å²) in [5.74, 6) is 0.934. The fraction of sp³-hybridized carbons (Fsp3) is 0.357. The van der Waals surface area contributed by atoms with Gasteiger partial charge in [0.25, 0.3) is 0 Å². The van der Waals surface area contributed by atoms with Crippen molar-refractivity contribution in [2.75, 3.05) is 38.7 Å². The Morgan fingerprint density at radius 1 is 1.06 bits per heavy atom. The zero-order valence-corrected chi connectivity index (χ0v) is 20.0. The second-order valence-corrected chi connectivity index (χ2v) is 9.26. The summed E-state index contributed by atoms with van der Waals surface area (Å²) in [6, 6.07) is 20.1. The van der Waals surface area contributed by atoms with E-state index in [1.165, 1.54) is 5.56 Å². The maximum absolute atomic E-state index is 13.2. The van der Waals surface area contributed by atoms with E-state index in [9.17, 15) is 9.90 Å². The van der Waals surface area contributed by atoms with E-state index in [1.807, 2.05) is 41.4 Å². The topological polar surface area (TPSA) is 77.9 Å². The van der Waals surface area contributed by atoms with E-state index >= 15 is 0 Å². The molecule has 0 radical (unpaired) electrons. The Hall–Kier alpha value is -3.42. The molecule has 5 rings (SSSR count). The van der Waals surface area contributed by atoms with Gasteiger partial charge in [-0.25, -0.2) is 4.79 Å². The fourth-order valence-corrected chi connectivity index (χ4v) is 5.43. The molecule has 0 aliphatic carbocycles. The maximum Gasteiger partial charge on any atom is 0.321 e. The average Bonchev–Trinajstić information content (AvgIpc) is 2.89. The summed E-state index contributed by atoms with van der Waals surface area (Å²) >= 11 is 0. The molecule has 0 bridgehead atoms. The molecule has 7 nitrogen and oxygen atoms in total. The molecule has 2 saturated heterocycles. The van der Waals surface area contributed by atoms with Gasteiger partial charge in [0.05, 0.1) is 13.7 Å². The second-order valence-electron chi connectivity index (χ2n) is 9.26. The van der Waals surface area contributed by atoms with Crippen molar-refractivity contribution in [1.82, 2.24) is 14.8 Å². The smallest absolute Gasteiger partial charge is 0.321 e. The molecule has 0 saturated carbocycles.